The van der Waals surface area contributed by atoms with Crippen molar-refractivity contribution >= 4 is 29.5 Å². The summed E-state index contributed by atoms with van der Waals surface area (Å²) in [6.07, 6.45) is -8.76. The van der Waals surface area contributed by atoms with E-state index in [0.29, 0.717) is 18.7 Å². The number of amides is 1. The van der Waals surface area contributed by atoms with Gasteiger partial charge in [-0.25, -0.2) is 4.79 Å². The number of carbonyl (C=O) groups is 2. The Hall–Kier alpha value is -4.39. The zero-order valence-electron chi connectivity index (χ0n) is 36.8. The number of para-hydroxylation sites is 1. The molecule has 0 aromatic heterocycles. The van der Waals surface area contributed by atoms with Crippen molar-refractivity contribution in [2.75, 3.05) is 19.2 Å². The third kappa shape index (κ3) is 13.3. The van der Waals surface area contributed by atoms with E-state index in [-0.39, 0.29) is 19.8 Å². The molecule has 1 N–H and O–H groups in total. The highest BCUT2D eigenvalue weighted by Crippen LogP contribution is 2.40. The van der Waals surface area contributed by atoms with Gasteiger partial charge in [-0.3, -0.25) is 10.1 Å². The lowest BCUT2D eigenvalue weighted by Gasteiger charge is -2.48. The number of ether oxygens (including phenoxy) is 11. The monoisotopic (exact) mass is 901 g/mol. The zero-order chi connectivity index (χ0) is 44.8. The predicted molar refractivity (Wildman–Crippen MR) is 237 cm³/mol. The van der Waals surface area contributed by atoms with E-state index >= 15 is 0 Å². The van der Waals surface area contributed by atoms with Crippen LogP contribution < -0.4 is 5.32 Å². The van der Waals surface area contributed by atoms with E-state index in [4.69, 9.17) is 52.1 Å². The summed E-state index contributed by atoms with van der Waals surface area (Å²) in [7, 11) is 1.56. The van der Waals surface area contributed by atoms with E-state index in [2.05, 4.69) is 5.32 Å². The molecular formula is C49H59NO13S. The molecule has 0 aliphatic carbocycles. The minimum absolute atomic E-state index is 0.0444. The van der Waals surface area contributed by atoms with Gasteiger partial charge in [0.25, 0.3) is 0 Å². The maximum Gasteiger partial charge on any atom is 0.412 e. The number of benzene rings is 4. The molecule has 7 rings (SSSR count). The third-order valence-electron chi connectivity index (χ3n) is 11.1. The molecule has 1 amide bonds. The average molecular weight is 902 g/mol. The fourth-order valence-electron chi connectivity index (χ4n) is 8.14. The van der Waals surface area contributed by atoms with Gasteiger partial charge < -0.3 is 52.1 Å². The van der Waals surface area contributed by atoms with Crippen molar-refractivity contribution in [2.24, 2.45) is 0 Å². The van der Waals surface area contributed by atoms with Crippen LogP contribution in [-0.4, -0.2) is 105 Å². The molecule has 3 aliphatic heterocycles. The highest BCUT2D eigenvalue weighted by atomic mass is 32.2. The third-order valence-corrected chi connectivity index (χ3v) is 12.3. The van der Waals surface area contributed by atoms with Crippen LogP contribution in [0.3, 0.4) is 0 Å². The van der Waals surface area contributed by atoms with Gasteiger partial charge in [0.1, 0.15) is 36.6 Å². The van der Waals surface area contributed by atoms with Crippen molar-refractivity contribution in [3.63, 3.8) is 0 Å². The molecule has 0 bridgehead atoms. The first-order valence-electron chi connectivity index (χ1n) is 21.7. The van der Waals surface area contributed by atoms with Crippen LogP contribution in [-0.2, 0) is 70.1 Å². The van der Waals surface area contributed by atoms with E-state index in [0.717, 1.165) is 16.0 Å². The van der Waals surface area contributed by atoms with Gasteiger partial charge in [0.2, 0.25) is 0 Å². The lowest BCUT2D eigenvalue weighted by Crippen LogP contribution is -2.61. The predicted octanol–water partition coefficient (Wildman–Crippen LogP) is 8.27. The van der Waals surface area contributed by atoms with E-state index in [1.54, 1.807) is 26.2 Å². The second-order valence-corrected chi connectivity index (χ2v) is 17.2. The number of rotatable bonds is 18. The van der Waals surface area contributed by atoms with Crippen molar-refractivity contribution in [1.29, 1.82) is 0 Å². The molecule has 3 fully saturated rings. The summed E-state index contributed by atoms with van der Waals surface area (Å²) in [6.45, 7) is 7.62. The van der Waals surface area contributed by atoms with Crippen molar-refractivity contribution in [3.8, 4) is 0 Å². The average Bonchev–Trinajstić information content (AvgIpc) is 3.29. The van der Waals surface area contributed by atoms with E-state index in [1.807, 2.05) is 123 Å². The van der Waals surface area contributed by atoms with Crippen molar-refractivity contribution < 1.29 is 61.7 Å². The molecule has 3 saturated heterocycles. The van der Waals surface area contributed by atoms with E-state index in [1.165, 1.54) is 18.7 Å². The van der Waals surface area contributed by atoms with Crippen LogP contribution in [0.1, 0.15) is 51.7 Å². The number of esters is 1. The van der Waals surface area contributed by atoms with Gasteiger partial charge in [-0.2, -0.15) is 0 Å². The number of anilines is 1. The van der Waals surface area contributed by atoms with E-state index < -0.39 is 91.1 Å². The Labute approximate surface area is 379 Å². The van der Waals surface area contributed by atoms with Gasteiger partial charge in [0, 0.05) is 37.5 Å². The van der Waals surface area contributed by atoms with Crippen molar-refractivity contribution in [2.45, 2.75) is 138 Å². The van der Waals surface area contributed by atoms with Gasteiger partial charge in [0.05, 0.1) is 37.6 Å². The molecule has 0 radical (unpaired) electrons. The molecule has 0 saturated carbocycles. The molecule has 344 valence electrons. The van der Waals surface area contributed by atoms with Gasteiger partial charge >= 0.3 is 12.1 Å². The molecule has 13 atom stereocenters. The highest BCUT2D eigenvalue weighted by molar-refractivity contribution is 7.99. The van der Waals surface area contributed by atoms with Crippen molar-refractivity contribution in [3.05, 3.63) is 132 Å². The largest absolute Gasteiger partial charge is 0.457 e. The second-order valence-electron chi connectivity index (χ2n) is 16.0. The molecule has 64 heavy (non-hydrogen) atoms. The molecule has 0 unspecified atom stereocenters. The number of hydrogen-bond acceptors (Lipinski definition) is 14. The van der Waals surface area contributed by atoms with Crippen LogP contribution in [0.5, 0.6) is 0 Å². The van der Waals surface area contributed by atoms with Gasteiger partial charge in [-0.15, -0.1) is 0 Å². The summed E-state index contributed by atoms with van der Waals surface area (Å²) < 4.78 is 70.0. The molecule has 0 spiro atoms. The number of methoxy groups -OCH3 is 1. The highest BCUT2D eigenvalue weighted by Gasteiger charge is 2.52. The van der Waals surface area contributed by atoms with Crippen LogP contribution >= 0.6 is 11.8 Å². The fraction of sp³-hybridized carbons (Fsp3) is 0.469. The van der Waals surface area contributed by atoms with Gasteiger partial charge in [-0.1, -0.05) is 109 Å². The lowest BCUT2D eigenvalue weighted by atomic mass is 9.98. The van der Waals surface area contributed by atoms with Crippen LogP contribution in [0.15, 0.2) is 126 Å². The smallest absolute Gasteiger partial charge is 0.412 e. The Morgan fingerprint density at radius 3 is 1.73 bits per heavy atom. The number of carbonyl (C=O) groups excluding carboxylic acids is 2. The summed E-state index contributed by atoms with van der Waals surface area (Å²) in [5.74, 6) is -0.492. The number of thioether (sulfide) groups is 1. The van der Waals surface area contributed by atoms with E-state index in [9.17, 15) is 9.59 Å². The maximum absolute atomic E-state index is 13.8. The Kier molecular flexibility index (Phi) is 17.6. The second kappa shape index (κ2) is 23.7. The first kappa shape index (κ1) is 47.6. The number of hydrogen-bond donors (Lipinski definition) is 1. The van der Waals surface area contributed by atoms with Gasteiger partial charge in [0.15, 0.2) is 24.8 Å². The zero-order valence-corrected chi connectivity index (χ0v) is 37.6. The molecule has 3 heterocycles. The minimum Gasteiger partial charge on any atom is -0.457 e. The summed E-state index contributed by atoms with van der Waals surface area (Å²) in [5.41, 5.74) is 1.80. The quantitative estimate of drug-likeness (QED) is 0.0755. The maximum atomic E-state index is 13.8. The first-order valence-corrected chi connectivity index (χ1v) is 22.6. The van der Waals surface area contributed by atoms with Crippen LogP contribution in [0.4, 0.5) is 10.5 Å². The Morgan fingerprint density at radius 1 is 0.594 bits per heavy atom. The lowest BCUT2D eigenvalue weighted by molar-refractivity contribution is -0.333. The summed E-state index contributed by atoms with van der Waals surface area (Å²) >= 11 is 1.41. The Bertz CT molecular complexity index is 2000. The molecule has 14 nitrogen and oxygen atoms in total. The molecule has 4 aromatic carbocycles. The SMILES string of the molecule is COCO[C@@H]1C[C@H](O[C@@H]2C[C@H](O[C@@H]3[C@@H](OC(=O)Nc4ccccc4)[C@H](Sc4ccccc4)O[C@H](C)[C@H]3OCc3ccccc3)O[C@H](C)[C@@H]2OC(C)=O)O[C@H](C)[C@H]1OCc1ccccc1. The molecule has 4 aromatic rings. The topological polar surface area (TPSA) is 148 Å². The fourth-order valence-corrected chi connectivity index (χ4v) is 9.29. The summed E-state index contributed by atoms with van der Waals surface area (Å²) in [6, 6.07) is 38.4. The van der Waals surface area contributed by atoms with Crippen LogP contribution in [0.2, 0.25) is 0 Å². The standard InChI is InChI=1S/C49H59NO13S/c1-31-43(54-28-35-18-10-6-11-19-35)39(56-30-53-5)26-41(57-31)61-40-27-42(58-32(2)44(40)60-34(4)51)62-46-45(55-29-36-20-12-7-13-21-36)33(3)59-48(64-38-24-16-9-17-25-38)47(46)63-49(52)50-37-22-14-8-15-23-37/h6-25,31-33,39-48H,26-30H2,1-5H3,(H,50,52)/t31-,32-,33-,39-,40-,41+,42+,43-,44+,45-,46+,47-,48+/m1/s1. The Balaban J connectivity index is 1.14. The molecular weight excluding hydrogens is 843 g/mol. The first-order chi connectivity index (χ1) is 31.1. The normalized spacial score (nSPS) is 30.5. The Morgan fingerprint density at radius 2 is 1.12 bits per heavy atom. The summed E-state index contributed by atoms with van der Waals surface area (Å²) in [5, 5.41) is 2.84. The van der Waals surface area contributed by atoms with Crippen LogP contribution in [0, 0.1) is 0 Å². The molecule has 15 heteroatoms. The van der Waals surface area contributed by atoms with Gasteiger partial charge in [-0.05, 0) is 56.2 Å². The summed E-state index contributed by atoms with van der Waals surface area (Å²) in [4.78, 5) is 27.2. The number of nitrogens with one attached hydrogen (secondary N) is 1. The van der Waals surface area contributed by atoms with Crippen molar-refractivity contribution in [1.82, 2.24) is 0 Å². The minimum atomic E-state index is -1.01. The van der Waals surface area contributed by atoms with Crippen LogP contribution in [0.25, 0.3) is 0 Å². The molecule has 3 aliphatic rings.